The van der Waals surface area contributed by atoms with Crippen LogP contribution in [0.1, 0.15) is 6.42 Å². The highest BCUT2D eigenvalue weighted by molar-refractivity contribution is 5.76. The average Bonchev–Trinajstić information content (AvgIpc) is 2.12. The Kier molecular flexibility index (Phi) is 1.48. The number of rotatable bonds is 1. The molecule has 1 radical (unpaired) electrons. The summed E-state index contributed by atoms with van der Waals surface area (Å²) in [5, 5.41) is 3.01. The van der Waals surface area contributed by atoms with E-state index in [-0.39, 0.29) is 5.92 Å². The fourth-order valence-corrected chi connectivity index (χ4v) is 0.878. The predicted molar refractivity (Wildman–Crippen MR) is 29.1 cm³/mol. The van der Waals surface area contributed by atoms with Crippen LogP contribution in [-0.2, 0) is 4.79 Å². The molecule has 3 heteroatoms. The summed E-state index contributed by atoms with van der Waals surface area (Å²) >= 11 is 0. The van der Waals surface area contributed by atoms with Crippen LogP contribution in [0, 0.1) is 5.92 Å². The van der Waals surface area contributed by atoms with E-state index in [1.54, 1.807) is 0 Å². The van der Waals surface area contributed by atoms with E-state index < -0.39 is 5.91 Å². The standard InChI is InChI=1S/C5H9N2O/c6-5(8)4-1-2-7-3-4/h4,6-7H,1-3H2. The Balaban J connectivity index is 2.35. The minimum Gasteiger partial charge on any atom is -0.316 e. The van der Waals surface area contributed by atoms with Gasteiger partial charge in [-0.05, 0) is 13.0 Å². The third-order valence-electron chi connectivity index (χ3n) is 1.43. The normalized spacial score (nSPS) is 28.2. The van der Waals surface area contributed by atoms with Gasteiger partial charge in [0.1, 0.15) is 0 Å². The zero-order chi connectivity index (χ0) is 5.98. The molecular weight excluding hydrogens is 104 g/mol. The molecule has 0 aromatic rings. The van der Waals surface area contributed by atoms with Crippen molar-refractivity contribution in [3.63, 3.8) is 0 Å². The van der Waals surface area contributed by atoms with E-state index in [0.29, 0.717) is 6.54 Å². The van der Waals surface area contributed by atoms with Crippen LogP contribution < -0.4 is 11.1 Å². The maximum absolute atomic E-state index is 10.3. The molecule has 1 amide bonds. The van der Waals surface area contributed by atoms with Gasteiger partial charge in [0.2, 0.25) is 5.91 Å². The second kappa shape index (κ2) is 2.13. The number of carbonyl (C=O) groups is 1. The molecule has 0 spiro atoms. The molecular formula is C5H9N2O. The molecule has 1 saturated heterocycles. The molecule has 0 saturated carbocycles. The highest BCUT2D eigenvalue weighted by Crippen LogP contribution is 2.05. The molecule has 1 aliphatic rings. The number of carbonyl (C=O) groups excluding carboxylic acids is 1. The molecule has 45 valence electrons. The minimum atomic E-state index is -0.421. The SMILES string of the molecule is [NH]C(=O)C1CCNC1. The van der Waals surface area contributed by atoms with Gasteiger partial charge < -0.3 is 5.32 Å². The predicted octanol–water partition coefficient (Wildman–Crippen LogP) is -0.595. The number of hydrogen-bond donors (Lipinski definition) is 1. The molecule has 1 unspecified atom stereocenters. The first-order chi connectivity index (χ1) is 3.80. The first kappa shape index (κ1) is 5.56. The van der Waals surface area contributed by atoms with Crippen LogP contribution in [0.3, 0.4) is 0 Å². The van der Waals surface area contributed by atoms with Gasteiger partial charge in [-0.3, -0.25) is 10.5 Å². The van der Waals surface area contributed by atoms with E-state index in [2.05, 4.69) is 5.32 Å². The zero-order valence-electron chi connectivity index (χ0n) is 4.61. The molecule has 8 heavy (non-hydrogen) atoms. The molecule has 2 N–H and O–H groups in total. The lowest BCUT2D eigenvalue weighted by atomic mass is 10.1. The Hall–Kier alpha value is -0.570. The number of nitrogens with one attached hydrogen (secondary N) is 2. The fraction of sp³-hybridized carbons (Fsp3) is 0.800. The van der Waals surface area contributed by atoms with Gasteiger partial charge in [-0.25, -0.2) is 0 Å². The van der Waals surface area contributed by atoms with E-state index >= 15 is 0 Å². The second-order valence-electron chi connectivity index (χ2n) is 2.05. The van der Waals surface area contributed by atoms with Crippen LogP contribution >= 0.6 is 0 Å². The van der Waals surface area contributed by atoms with E-state index in [1.165, 1.54) is 0 Å². The molecule has 0 aliphatic carbocycles. The molecule has 1 heterocycles. The first-order valence-corrected chi connectivity index (χ1v) is 2.77. The molecule has 3 nitrogen and oxygen atoms in total. The van der Waals surface area contributed by atoms with Crippen molar-refractivity contribution in [3.8, 4) is 0 Å². The molecule has 0 bridgehead atoms. The van der Waals surface area contributed by atoms with Gasteiger partial charge in [0.25, 0.3) is 0 Å². The fourth-order valence-electron chi connectivity index (χ4n) is 0.878. The number of hydrogen-bond acceptors (Lipinski definition) is 2. The Morgan fingerprint density at radius 1 is 1.75 bits per heavy atom. The summed E-state index contributed by atoms with van der Waals surface area (Å²) in [4.78, 5) is 10.3. The van der Waals surface area contributed by atoms with Crippen LogP contribution in [0.4, 0.5) is 0 Å². The molecule has 1 rings (SSSR count). The Morgan fingerprint density at radius 2 is 2.50 bits per heavy atom. The molecule has 1 aliphatic heterocycles. The van der Waals surface area contributed by atoms with Gasteiger partial charge in [0.15, 0.2) is 0 Å². The van der Waals surface area contributed by atoms with E-state index in [4.69, 9.17) is 5.73 Å². The van der Waals surface area contributed by atoms with Crippen LogP contribution in [0.2, 0.25) is 0 Å². The maximum Gasteiger partial charge on any atom is 0.242 e. The minimum absolute atomic E-state index is 0.0185. The average molecular weight is 113 g/mol. The van der Waals surface area contributed by atoms with Gasteiger partial charge in [-0.2, -0.15) is 0 Å². The van der Waals surface area contributed by atoms with Crippen molar-refractivity contribution in [3.05, 3.63) is 0 Å². The van der Waals surface area contributed by atoms with Gasteiger partial charge in [0, 0.05) is 6.54 Å². The van der Waals surface area contributed by atoms with E-state index in [0.717, 1.165) is 13.0 Å². The van der Waals surface area contributed by atoms with Crippen molar-refractivity contribution < 1.29 is 4.79 Å². The van der Waals surface area contributed by atoms with E-state index in [1.807, 2.05) is 0 Å². The van der Waals surface area contributed by atoms with Crippen molar-refractivity contribution in [1.29, 1.82) is 0 Å². The molecule has 0 aromatic heterocycles. The summed E-state index contributed by atoms with van der Waals surface area (Å²) in [6.07, 6.45) is 0.850. The molecule has 1 fully saturated rings. The van der Waals surface area contributed by atoms with Crippen molar-refractivity contribution in [2.75, 3.05) is 13.1 Å². The molecule has 1 atom stereocenters. The summed E-state index contributed by atoms with van der Waals surface area (Å²) < 4.78 is 0. The van der Waals surface area contributed by atoms with Crippen LogP contribution in [-0.4, -0.2) is 19.0 Å². The maximum atomic E-state index is 10.3. The van der Waals surface area contributed by atoms with Crippen molar-refractivity contribution in [2.24, 2.45) is 5.92 Å². The van der Waals surface area contributed by atoms with Gasteiger partial charge in [0.05, 0.1) is 5.92 Å². The largest absolute Gasteiger partial charge is 0.316 e. The summed E-state index contributed by atoms with van der Waals surface area (Å²) in [6.45, 7) is 1.61. The molecule has 0 aromatic carbocycles. The van der Waals surface area contributed by atoms with Gasteiger partial charge >= 0.3 is 0 Å². The van der Waals surface area contributed by atoms with Gasteiger partial charge in [-0.15, -0.1) is 0 Å². The summed E-state index contributed by atoms with van der Waals surface area (Å²) in [5.74, 6) is -0.440. The number of amides is 1. The first-order valence-electron chi connectivity index (χ1n) is 2.77. The third kappa shape index (κ3) is 0.980. The smallest absolute Gasteiger partial charge is 0.242 e. The zero-order valence-corrected chi connectivity index (χ0v) is 4.61. The third-order valence-corrected chi connectivity index (χ3v) is 1.43. The Labute approximate surface area is 48.2 Å². The van der Waals surface area contributed by atoms with Gasteiger partial charge in [-0.1, -0.05) is 0 Å². The van der Waals surface area contributed by atoms with Crippen molar-refractivity contribution >= 4 is 5.91 Å². The quantitative estimate of drug-likeness (QED) is 0.494. The monoisotopic (exact) mass is 113 g/mol. The van der Waals surface area contributed by atoms with Crippen LogP contribution in [0.5, 0.6) is 0 Å². The lowest BCUT2D eigenvalue weighted by Crippen LogP contribution is -2.17. The second-order valence-corrected chi connectivity index (χ2v) is 2.05. The summed E-state index contributed by atoms with van der Waals surface area (Å²) in [7, 11) is 0. The summed E-state index contributed by atoms with van der Waals surface area (Å²) in [6, 6.07) is 0. The van der Waals surface area contributed by atoms with Crippen molar-refractivity contribution in [2.45, 2.75) is 6.42 Å². The van der Waals surface area contributed by atoms with Crippen LogP contribution in [0.25, 0.3) is 0 Å². The Bertz CT molecular complexity index is 96.6. The highest BCUT2D eigenvalue weighted by atomic mass is 16.1. The topological polar surface area (TPSA) is 52.9 Å². The van der Waals surface area contributed by atoms with Crippen molar-refractivity contribution in [1.82, 2.24) is 11.1 Å². The highest BCUT2D eigenvalue weighted by Gasteiger charge is 2.19. The van der Waals surface area contributed by atoms with E-state index in [9.17, 15) is 4.79 Å². The Morgan fingerprint density at radius 3 is 2.75 bits per heavy atom. The lowest BCUT2D eigenvalue weighted by Gasteiger charge is -1.96. The summed E-state index contributed by atoms with van der Waals surface area (Å²) in [5.41, 5.74) is 6.70. The van der Waals surface area contributed by atoms with Crippen LogP contribution in [0.15, 0.2) is 0 Å². The lowest BCUT2D eigenvalue weighted by molar-refractivity contribution is -0.121.